The van der Waals surface area contributed by atoms with Gasteiger partial charge in [-0.3, -0.25) is 0 Å². The summed E-state index contributed by atoms with van der Waals surface area (Å²) in [5.74, 6) is 0.677. The fourth-order valence-corrected chi connectivity index (χ4v) is 2.48. The van der Waals surface area contributed by atoms with Gasteiger partial charge in [-0.25, -0.2) is 14.5 Å². The van der Waals surface area contributed by atoms with Gasteiger partial charge >= 0.3 is 5.97 Å². The van der Waals surface area contributed by atoms with E-state index in [1.165, 1.54) is 0 Å². The van der Waals surface area contributed by atoms with Crippen LogP contribution in [0.5, 0.6) is 0 Å². The Hall–Kier alpha value is -2.17. The van der Waals surface area contributed by atoms with Crippen LogP contribution in [0, 0.1) is 0 Å². The van der Waals surface area contributed by atoms with Crippen molar-refractivity contribution in [2.24, 2.45) is 0 Å². The molecule has 5 heteroatoms. The molecule has 19 heavy (non-hydrogen) atoms. The molecule has 3 rings (SSSR count). The van der Waals surface area contributed by atoms with Crippen LogP contribution in [0.1, 0.15) is 36.1 Å². The summed E-state index contributed by atoms with van der Waals surface area (Å²) in [6.45, 7) is 0. The van der Waals surface area contributed by atoms with Crippen LogP contribution in [0.3, 0.4) is 0 Å². The highest BCUT2D eigenvalue weighted by atomic mass is 16.4. The lowest BCUT2D eigenvalue weighted by Crippen LogP contribution is -2.26. The summed E-state index contributed by atoms with van der Waals surface area (Å²) in [5, 5.41) is 13.6. The average molecular weight is 257 g/mol. The second kappa shape index (κ2) is 4.84. The molecule has 0 saturated heterocycles. The molecule has 2 heterocycles. The third-order valence-electron chi connectivity index (χ3n) is 3.41. The lowest BCUT2D eigenvalue weighted by Gasteiger charge is -2.19. The van der Waals surface area contributed by atoms with Gasteiger partial charge in [0.2, 0.25) is 0 Å². The number of rotatable bonds is 3. The van der Waals surface area contributed by atoms with Crippen LogP contribution in [0.4, 0.5) is 0 Å². The first kappa shape index (κ1) is 11.9. The van der Waals surface area contributed by atoms with Crippen molar-refractivity contribution < 1.29 is 9.90 Å². The Balaban J connectivity index is 1.87. The second-order valence-electron chi connectivity index (χ2n) is 4.80. The summed E-state index contributed by atoms with van der Waals surface area (Å²) in [6.07, 6.45) is 2.95. The maximum Gasteiger partial charge on any atom is 0.328 e. The molecule has 0 saturated carbocycles. The first-order valence-electron chi connectivity index (χ1n) is 6.45. The van der Waals surface area contributed by atoms with Crippen LogP contribution < -0.4 is 0 Å². The molecule has 1 aliphatic rings. The van der Waals surface area contributed by atoms with Crippen molar-refractivity contribution in [2.75, 3.05) is 0 Å². The smallest absolute Gasteiger partial charge is 0.328 e. The molecule has 1 aromatic heterocycles. The summed E-state index contributed by atoms with van der Waals surface area (Å²) in [6, 6.07) is 9.41. The molecular formula is C14H15N3O2. The number of hydrogen-bond acceptors (Lipinski definition) is 3. The summed E-state index contributed by atoms with van der Waals surface area (Å²) in [5.41, 5.74) is 1.14. The van der Waals surface area contributed by atoms with Gasteiger partial charge in [-0.05, 0) is 18.4 Å². The predicted molar refractivity (Wildman–Crippen MR) is 68.9 cm³/mol. The first-order chi connectivity index (χ1) is 9.24. The number of aliphatic carboxylic acids is 1. The van der Waals surface area contributed by atoms with Crippen molar-refractivity contribution in [3.8, 4) is 0 Å². The van der Waals surface area contributed by atoms with Gasteiger partial charge in [-0.2, -0.15) is 5.10 Å². The zero-order valence-electron chi connectivity index (χ0n) is 10.5. The number of nitrogens with zero attached hydrogens (tertiary/aromatic N) is 3. The van der Waals surface area contributed by atoms with E-state index in [-0.39, 0.29) is 0 Å². The molecule has 1 unspecified atom stereocenters. The monoisotopic (exact) mass is 257 g/mol. The molecule has 0 spiro atoms. The van der Waals surface area contributed by atoms with Crippen LogP contribution >= 0.6 is 0 Å². The van der Waals surface area contributed by atoms with Crippen LogP contribution in [-0.4, -0.2) is 25.8 Å². The van der Waals surface area contributed by atoms with E-state index in [4.69, 9.17) is 0 Å². The van der Waals surface area contributed by atoms with E-state index in [1.807, 2.05) is 30.3 Å². The zero-order chi connectivity index (χ0) is 13.2. The van der Waals surface area contributed by atoms with Crippen molar-refractivity contribution in [1.29, 1.82) is 0 Å². The van der Waals surface area contributed by atoms with Gasteiger partial charge in [0, 0.05) is 12.8 Å². The van der Waals surface area contributed by atoms with E-state index in [1.54, 1.807) is 4.68 Å². The highest BCUT2D eigenvalue weighted by molar-refractivity contribution is 5.71. The minimum Gasteiger partial charge on any atom is -0.480 e. The molecule has 2 aromatic rings. The molecule has 0 radical (unpaired) electrons. The normalized spacial score (nSPS) is 18.0. The molecule has 0 fully saturated rings. The minimum atomic E-state index is -0.822. The fourth-order valence-electron chi connectivity index (χ4n) is 2.48. The lowest BCUT2D eigenvalue weighted by atomic mass is 10.1. The van der Waals surface area contributed by atoms with E-state index in [0.717, 1.165) is 24.2 Å². The maximum absolute atomic E-state index is 11.2. The van der Waals surface area contributed by atoms with E-state index in [9.17, 15) is 9.90 Å². The van der Waals surface area contributed by atoms with Crippen molar-refractivity contribution in [2.45, 2.75) is 31.7 Å². The Morgan fingerprint density at radius 2 is 2.16 bits per heavy atom. The highest BCUT2D eigenvalue weighted by Crippen LogP contribution is 2.23. The molecule has 1 aromatic carbocycles. The summed E-state index contributed by atoms with van der Waals surface area (Å²) >= 11 is 0. The third-order valence-corrected chi connectivity index (χ3v) is 3.41. The average Bonchev–Trinajstić information content (AvgIpc) is 2.81. The van der Waals surface area contributed by atoms with Crippen LogP contribution in [0.2, 0.25) is 0 Å². The fraction of sp³-hybridized carbons (Fsp3) is 0.357. The summed E-state index contributed by atoms with van der Waals surface area (Å²) in [7, 11) is 0. The van der Waals surface area contributed by atoms with E-state index < -0.39 is 12.0 Å². The number of carboxylic acids is 1. The molecule has 0 amide bonds. The van der Waals surface area contributed by atoms with Gasteiger partial charge in [0.25, 0.3) is 0 Å². The van der Waals surface area contributed by atoms with Gasteiger partial charge in [-0.1, -0.05) is 30.3 Å². The molecule has 0 bridgehead atoms. The zero-order valence-corrected chi connectivity index (χ0v) is 10.5. The van der Waals surface area contributed by atoms with Crippen molar-refractivity contribution in [1.82, 2.24) is 14.8 Å². The summed E-state index contributed by atoms with van der Waals surface area (Å²) < 4.78 is 1.59. The van der Waals surface area contributed by atoms with Gasteiger partial charge in [0.1, 0.15) is 5.82 Å². The molecule has 0 aliphatic carbocycles. The Bertz CT molecular complexity index is 592. The molecule has 1 N–H and O–H groups in total. The van der Waals surface area contributed by atoms with E-state index >= 15 is 0 Å². The summed E-state index contributed by atoms with van der Waals surface area (Å²) in [4.78, 5) is 15.7. The minimum absolute atomic E-state index is 0.555. The van der Waals surface area contributed by atoms with Crippen molar-refractivity contribution in [3.63, 3.8) is 0 Å². The van der Waals surface area contributed by atoms with Gasteiger partial charge < -0.3 is 5.11 Å². The number of carbonyl (C=O) groups is 1. The Kier molecular flexibility index (Phi) is 3.03. The molecule has 1 atom stereocenters. The second-order valence-corrected chi connectivity index (χ2v) is 4.80. The number of aryl methyl sites for hydroxylation is 1. The number of hydrogen-bond donors (Lipinski definition) is 1. The van der Waals surface area contributed by atoms with Gasteiger partial charge in [0.05, 0.1) is 0 Å². The standard InChI is InChI=1S/C14H15N3O2/c18-14(19)11-7-4-8-13-15-12(16-17(11)13)9-10-5-2-1-3-6-10/h1-3,5-6,11H,4,7-9H2,(H,18,19). The largest absolute Gasteiger partial charge is 0.480 e. The van der Waals surface area contributed by atoms with E-state index in [2.05, 4.69) is 10.1 Å². The number of benzene rings is 1. The number of carboxylic acid groups (broad SMARTS) is 1. The number of fused-ring (bicyclic) bond motifs is 1. The SMILES string of the molecule is O=C(O)C1CCCc2nc(Cc3ccccc3)nn21. The third kappa shape index (κ3) is 2.36. The molecule has 98 valence electrons. The van der Waals surface area contributed by atoms with Gasteiger partial charge in [-0.15, -0.1) is 0 Å². The predicted octanol–water partition coefficient (Wildman–Crippen LogP) is 1.83. The highest BCUT2D eigenvalue weighted by Gasteiger charge is 2.28. The number of aromatic nitrogens is 3. The van der Waals surface area contributed by atoms with E-state index in [0.29, 0.717) is 18.7 Å². The topological polar surface area (TPSA) is 68.0 Å². The van der Waals surface area contributed by atoms with Crippen LogP contribution in [0.15, 0.2) is 30.3 Å². The first-order valence-corrected chi connectivity index (χ1v) is 6.45. The molecule has 5 nitrogen and oxygen atoms in total. The van der Waals surface area contributed by atoms with Gasteiger partial charge in [0.15, 0.2) is 11.9 Å². The van der Waals surface area contributed by atoms with Crippen LogP contribution in [0.25, 0.3) is 0 Å². The Morgan fingerprint density at radius 1 is 1.37 bits per heavy atom. The lowest BCUT2D eigenvalue weighted by molar-refractivity contribution is -0.141. The van der Waals surface area contributed by atoms with Crippen molar-refractivity contribution in [3.05, 3.63) is 47.5 Å². The van der Waals surface area contributed by atoms with Crippen molar-refractivity contribution >= 4 is 5.97 Å². The molecular weight excluding hydrogens is 242 g/mol. The maximum atomic E-state index is 11.2. The Labute approximate surface area is 110 Å². The molecule has 1 aliphatic heterocycles. The Morgan fingerprint density at radius 3 is 2.89 bits per heavy atom. The van der Waals surface area contributed by atoms with Crippen LogP contribution in [-0.2, 0) is 17.6 Å². The quantitative estimate of drug-likeness (QED) is 0.910.